The second kappa shape index (κ2) is 8.77. The summed E-state index contributed by atoms with van der Waals surface area (Å²) in [4.78, 5) is 28.1. The average molecular weight is 424 g/mol. The summed E-state index contributed by atoms with van der Waals surface area (Å²) in [5, 5.41) is 4.87. The zero-order valence-electron chi connectivity index (χ0n) is 16.4. The predicted molar refractivity (Wildman–Crippen MR) is 114 cm³/mol. The molecule has 2 heterocycles. The highest BCUT2D eigenvalue weighted by atomic mass is 32.1. The van der Waals surface area contributed by atoms with E-state index in [0.29, 0.717) is 17.8 Å². The number of hydrogen-bond acceptors (Lipinski definition) is 4. The minimum atomic E-state index is -0.385. The highest BCUT2D eigenvalue weighted by Gasteiger charge is 2.32. The molecule has 4 rings (SSSR count). The number of methoxy groups -OCH3 is 1. The van der Waals surface area contributed by atoms with Gasteiger partial charge in [-0.2, -0.15) is 0 Å². The first-order valence-electron chi connectivity index (χ1n) is 9.58. The number of halogens is 1. The van der Waals surface area contributed by atoms with Crippen molar-refractivity contribution >= 4 is 28.8 Å². The van der Waals surface area contributed by atoms with Gasteiger partial charge >= 0.3 is 0 Å². The van der Waals surface area contributed by atoms with E-state index in [1.807, 2.05) is 29.2 Å². The molecule has 1 atom stereocenters. The van der Waals surface area contributed by atoms with Gasteiger partial charge in [-0.25, -0.2) is 4.39 Å². The number of nitrogens with one attached hydrogen (secondary N) is 1. The summed E-state index contributed by atoms with van der Waals surface area (Å²) in [6.45, 7) is 0.686. The Morgan fingerprint density at radius 1 is 1.13 bits per heavy atom. The highest BCUT2D eigenvalue weighted by Crippen LogP contribution is 2.38. The maximum Gasteiger partial charge on any atom is 0.255 e. The lowest BCUT2D eigenvalue weighted by atomic mass is 9.93. The molecule has 5 nitrogen and oxygen atoms in total. The molecule has 0 radical (unpaired) electrons. The number of amides is 2. The molecular formula is C23H21FN2O3S. The minimum absolute atomic E-state index is 0.0434. The Morgan fingerprint density at radius 3 is 2.57 bits per heavy atom. The quantitative estimate of drug-likeness (QED) is 0.666. The van der Waals surface area contributed by atoms with Gasteiger partial charge in [0.15, 0.2) is 0 Å². The molecule has 0 fully saturated rings. The number of thiophene rings is 1. The number of ether oxygens (including phenoxy) is 1. The fourth-order valence-corrected chi connectivity index (χ4v) is 4.61. The first-order chi connectivity index (χ1) is 14.6. The van der Waals surface area contributed by atoms with E-state index in [4.69, 9.17) is 4.74 Å². The number of nitrogens with zero attached hydrogens (tertiary/aromatic N) is 1. The fourth-order valence-electron chi connectivity index (χ4n) is 3.70. The third-order valence-electron chi connectivity index (χ3n) is 5.14. The van der Waals surface area contributed by atoms with Gasteiger partial charge in [0.1, 0.15) is 12.4 Å². The third-order valence-corrected chi connectivity index (χ3v) is 6.14. The molecule has 0 spiro atoms. The van der Waals surface area contributed by atoms with E-state index in [1.54, 1.807) is 11.3 Å². The molecule has 0 aliphatic carbocycles. The number of fused-ring (bicyclic) bond motifs is 1. The van der Waals surface area contributed by atoms with Crippen LogP contribution in [0.1, 0.15) is 32.4 Å². The number of hydrogen-bond donors (Lipinski definition) is 1. The molecule has 1 aliphatic rings. The van der Waals surface area contributed by atoms with E-state index in [2.05, 4.69) is 16.8 Å². The summed E-state index contributed by atoms with van der Waals surface area (Å²) in [6, 6.07) is 14.8. The van der Waals surface area contributed by atoms with E-state index < -0.39 is 0 Å². The average Bonchev–Trinajstić information content (AvgIpc) is 3.23. The lowest BCUT2D eigenvalue weighted by Crippen LogP contribution is -2.41. The topological polar surface area (TPSA) is 58.6 Å². The maximum absolute atomic E-state index is 13.1. The summed E-state index contributed by atoms with van der Waals surface area (Å²) in [6.07, 6.45) is 0.838. The minimum Gasteiger partial charge on any atom is -0.375 e. The zero-order chi connectivity index (χ0) is 21.1. The molecule has 0 saturated carbocycles. The first-order valence-corrected chi connectivity index (χ1v) is 10.5. The van der Waals surface area contributed by atoms with Crippen LogP contribution in [0.25, 0.3) is 0 Å². The van der Waals surface area contributed by atoms with Crippen molar-refractivity contribution in [2.45, 2.75) is 12.5 Å². The van der Waals surface area contributed by atoms with Gasteiger partial charge in [0.2, 0.25) is 5.91 Å². The standard InChI is InChI=1S/C23H21FN2O3S/c1-29-14-21(27)26-12-10-20-19(11-13-30-20)22(26)15-4-8-18(9-5-15)25-23(28)16-2-6-17(24)7-3-16/h2-9,11,13,22H,10,12,14H2,1H3,(H,25,28). The lowest BCUT2D eigenvalue weighted by molar-refractivity contribution is -0.137. The van der Waals surface area contributed by atoms with Crippen molar-refractivity contribution in [1.82, 2.24) is 4.90 Å². The van der Waals surface area contributed by atoms with Crippen LogP contribution >= 0.6 is 11.3 Å². The van der Waals surface area contributed by atoms with Gasteiger partial charge in [0.25, 0.3) is 5.91 Å². The Morgan fingerprint density at radius 2 is 1.87 bits per heavy atom. The summed E-state index contributed by atoms with van der Waals surface area (Å²) >= 11 is 1.71. The van der Waals surface area contributed by atoms with Gasteiger partial charge < -0.3 is 15.0 Å². The first kappa shape index (κ1) is 20.3. The summed E-state index contributed by atoms with van der Waals surface area (Å²) in [7, 11) is 1.52. The Kier molecular flexibility index (Phi) is 5.92. The molecule has 3 aromatic rings. The molecule has 154 valence electrons. The Hall–Kier alpha value is -3.03. The van der Waals surface area contributed by atoms with Crippen LogP contribution in [-0.4, -0.2) is 37.0 Å². The van der Waals surface area contributed by atoms with Gasteiger partial charge in [0, 0.05) is 29.8 Å². The van der Waals surface area contributed by atoms with Crippen LogP contribution in [0.2, 0.25) is 0 Å². The number of carbonyl (C=O) groups excluding carboxylic acids is 2. The van der Waals surface area contributed by atoms with Gasteiger partial charge in [-0.3, -0.25) is 9.59 Å². The Balaban J connectivity index is 1.56. The van der Waals surface area contributed by atoms with Crippen molar-refractivity contribution < 1.29 is 18.7 Å². The molecule has 1 aliphatic heterocycles. The predicted octanol–water partition coefficient (Wildman–Crippen LogP) is 4.26. The molecule has 2 amide bonds. The SMILES string of the molecule is COCC(=O)N1CCc2sccc2C1c1ccc(NC(=O)c2ccc(F)cc2)cc1. The molecule has 1 unspecified atom stereocenters. The number of benzene rings is 2. The van der Waals surface area contributed by atoms with E-state index in [0.717, 1.165) is 17.5 Å². The van der Waals surface area contributed by atoms with E-state index in [9.17, 15) is 14.0 Å². The molecule has 1 N–H and O–H groups in total. The van der Waals surface area contributed by atoms with Gasteiger partial charge in [-0.1, -0.05) is 12.1 Å². The van der Waals surface area contributed by atoms with Crippen LogP contribution in [0.5, 0.6) is 0 Å². The van der Waals surface area contributed by atoms with Crippen LogP contribution in [0.4, 0.5) is 10.1 Å². The lowest BCUT2D eigenvalue weighted by Gasteiger charge is -2.36. The molecule has 1 aromatic heterocycles. The van der Waals surface area contributed by atoms with Crippen molar-refractivity contribution in [2.75, 3.05) is 25.6 Å². The van der Waals surface area contributed by atoms with E-state index >= 15 is 0 Å². The third kappa shape index (κ3) is 4.13. The van der Waals surface area contributed by atoms with Gasteiger partial charge in [0.05, 0.1) is 6.04 Å². The van der Waals surface area contributed by atoms with Crippen molar-refractivity contribution in [2.24, 2.45) is 0 Å². The summed E-state index contributed by atoms with van der Waals surface area (Å²) in [5.41, 5.74) is 3.12. The maximum atomic E-state index is 13.1. The smallest absolute Gasteiger partial charge is 0.255 e. The summed E-state index contributed by atoms with van der Waals surface area (Å²) < 4.78 is 18.1. The van der Waals surface area contributed by atoms with Crippen molar-refractivity contribution in [3.63, 3.8) is 0 Å². The van der Waals surface area contributed by atoms with Crippen LogP contribution in [-0.2, 0) is 16.0 Å². The van der Waals surface area contributed by atoms with Gasteiger partial charge in [-0.15, -0.1) is 11.3 Å². The number of carbonyl (C=O) groups is 2. The second-order valence-electron chi connectivity index (χ2n) is 7.05. The van der Waals surface area contributed by atoms with Gasteiger partial charge in [-0.05, 0) is 65.4 Å². The monoisotopic (exact) mass is 424 g/mol. The molecule has 30 heavy (non-hydrogen) atoms. The normalized spacial score (nSPS) is 15.5. The van der Waals surface area contributed by atoms with Crippen molar-refractivity contribution in [3.8, 4) is 0 Å². The van der Waals surface area contributed by atoms with E-state index in [1.165, 1.54) is 36.3 Å². The van der Waals surface area contributed by atoms with Crippen LogP contribution < -0.4 is 5.32 Å². The molecule has 0 bridgehead atoms. The molecule has 0 saturated heterocycles. The van der Waals surface area contributed by atoms with E-state index in [-0.39, 0.29) is 30.3 Å². The van der Waals surface area contributed by atoms with Crippen molar-refractivity contribution in [1.29, 1.82) is 0 Å². The molecule has 7 heteroatoms. The van der Waals surface area contributed by atoms with Crippen LogP contribution in [0.3, 0.4) is 0 Å². The Bertz CT molecular complexity index is 1050. The highest BCUT2D eigenvalue weighted by molar-refractivity contribution is 7.10. The van der Waals surface area contributed by atoms with Crippen LogP contribution in [0.15, 0.2) is 60.0 Å². The molecular weight excluding hydrogens is 403 g/mol. The van der Waals surface area contributed by atoms with Crippen molar-refractivity contribution in [3.05, 3.63) is 87.4 Å². The summed E-state index contributed by atoms with van der Waals surface area (Å²) in [5.74, 6) is -0.741. The zero-order valence-corrected chi connectivity index (χ0v) is 17.2. The largest absolute Gasteiger partial charge is 0.375 e. The number of anilines is 1. The number of rotatable bonds is 5. The van der Waals surface area contributed by atoms with Crippen LogP contribution in [0, 0.1) is 5.82 Å². The second-order valence-corrected chi connectivity index (χ2v) is 8.06. The molecule has 2 aromatic carbocycles. The fraction of sp³-hybridized carbons (Fsp3) is 0.217. The Labute approximate surface area is 178 Å².